The lowest BCUT2D eigenvalue weighted by atomic mass is 9.68. The number of ketones is 1. The number of nitro benzene ring substituents is 1. The predicted molar refractivity (Wildman–Crippen MR) is 163 cm³/mol. The third-order valence-corrected chi connectivity index (χ3v) is 8.49. The molecule has 2 N–H and O–H groups in total. The van der Waals surface area contributed by atoms with Crippen LogP contribution in [-0.4, -0.2) is 35.9 Å². The molecule has 0 spiro atoms. The van der Waals surface area contributed by atoms with Gasteiger partial charge in [-0.05, 0) is 92.4 Å². The lowest BCUT2D eigenvalue weighted by Gasteiger charge is -2.43. The van der Waals surface area contributed by atoms with Crippen molar-refractivity contribution in [2.45, 2.75) is 39.2 Å². The molecule has 0 amide bonds. The summed E-state index contributed by atoms with van der Waals surface area (Å²) in [5, 5.41) is 21.1. The van der Waals surface area contributed by atoms with Gasteiger partial charge in [-0.25, -0.2) is 0 Å². The van der Waals surface area contributed by atoms with E-state index in [1.54, 1.807) is 19.2 Å². The van der Waals surface area contributed by atoms with Crippen molar-refractivity contribution in [2.75, 3.05) is 20.3 Å². The quantitative estimate of drug-likeness (QED) is 0.205. The summed E-state index contributed by atoms with van der Waals surface area (Å²) in [4.78, 5) is 26.0. The van der Waals surface area contributed by atoms with Crippen molar-refractivity contribution in [2.24, 2.45) is 11.1 Å². The second-order valence-corrected chi connectivity index (χ2v) is 12.6. The predicted octanol–water partition coefficient (Wildman–Crippen LogP) is 5.77. The summed E-state index contributed by atoms with van der Waals surface area (Å²) < 4.78 is 13.0. The van der Waals surface area contributed by atoms with Gasteiger partial charge in [-0.3, -0.25) is 14.9 Å². The van der Waals surface area contributed by atoms with Crippen LogP contribution in [0.2, 0.25) is 0 Å². The van der Waals surface area contributed by atoms with Crippen LogP contribution < -0.4 is 10.5 Å². The van der Waals surface area contributed by atoms with Gasteiger partial charge in [0, 0.05) is 43.5 Å². The molecule has 1 aliphatic carbocycles. The second kappa shape index (κ2) is 11.8. The molecule has 9 nitrogen and oxygen atoms in total. The molecule has 0 aromatic heterocycles. The molecule has 1 atom stereocenters. The van der Waals surface area contributed by atoms with E-state index in [1.807, 2.05) is 17.0 Å². The van der Waals surface area contributed by atoms with Gasteiger partial charge in [-0.15, -0.1) is 0 Å². The lowest BCUT2D eigenvalue weighted by Crippen LogP contribution is -2.43. The summed E-state index contributed by atoms with van der Waals surface area (Å²) in [7, 11) is 1.61. The number of rotatable bonds is 8. The van der Waals surface area contributed by atoms with E-state index in [2.05, 4.69) is 65.1 Å². The molecule has 11 heteroatoms. The highest BCUT2D eigenvalue weighted by Gasteiger charge is 2.44. The number of Topliss-reactive ketones (excluding diaryl/α,β-unsaturated/α-hetero) is 1. The number of hydrogen-bond donors (Lipinski definition) is 1. The van der Waals surface area contributed by atoms with Crippen LogP contribution in [0.1, 0.15) is 43.7 Å². The number of nitrogens with two attached hydrogens (primary N) is 1. The van der Waals surface area contributed by atoms with Crippen molar-refractivity contribution >= 4 is 56.7 Å². The zero-order valence-electron chi connectivity index (χ0n) is 21.8. The molecule has 0 radical (unpaired) electrons. The van der Waals surface area contributed by atoms with E-state index in [9.17, 15) is 20.2 Å². The Kier molecular flexibility index (Phi) is 8.87. The van der Waals surface area contributed by atoms with Crippen molar-refractivity contribution in [3.05, 3.63) is 87.4 Å². The normalized spacial score (nSPS) is 18.6. The Morgan fingerprint density at radius 1 is 1.21 bits per heavy atom. The van der Waals surface area contributed by atoms with Crippen LogP contribution in [0.15, 0.2) is 59.1 Å². The van der Waals surface area contributed by atoms with Gasteiger partial charge >= 0.3 is 0 Å². The zero-order chi connectivity index (χ0) is 28.5. The summed E-state index contributed by atoms with van der Waals surface area (Å²) in [6.45, 7) is 5.24. The molecule has 0 unspecified atom stereocenters. The Hall–Kier alpha value is -2.70. The van der Waals surface area contributed by atoms with E-state index in [-0.39, 0.29) is 23.5 Å². The molecule has 1 heterocycles. The number of hydrogen-bond acceptors (Lipinski definition) is 8. The Morgan fingerprint density at radius 2 is 1.85 bits per heavy atom. The standard InChI is InChI=1S/C28H28I2N4O5/c1-28(2)12-22-25(23(35)13-28)24(19(14-31)27(32)33(22)8-9-38-3)17-10-20(29)26(21(30)11-17)39-15-16-4-6-18(7-5-16)34(36)37/h4-7,10-11,24H,8-9,12-13,15,32H2,1-3H3/t24-/m0/s1. The number of methoxy groups -OCH3 is 1. The van der Waals surface area contributed by atoms with E-state index in [0.29, 0.717) is 48.7 Å². The second-order valence-electron chi connectivity index (χ2n) is 10.3. The summed E-state index contributed by atoms with van der Waals surface area (Å²) in [6.07, 6.45) is 1.06. The fraction of sp³-hybridized carbons (Fsp3) is 0.357. The number of benzene rings is 2. The van der Waals surface area contributed by atoms with Crippen LogP contribution in [0, 0.1) is 34.0 Å². The first-order chi connectivity index (χ1) is 18.5. The largest absolute Gasteiger partial charge is 0.487 e. The van der Waals surface area contributed by atoms with Crippen molar-refractivity contribution in [1.82, 2.24) is 4.90 Å². The zero-order valence-corrected chi connectivity index (χ0v) is 26.1. The molecular formula is C28H28I2N4O5. The topological polar surface area (TPSA) is 132 Å². The van der Waals surface area contributed by atoms with Crippen molar-refractivity contribution in [3.8, 4) is 11.8 Å². The van der Waals surface area contributed by atoms with E-state index in [0.717, 1.165) is 24.0 Å². The summed E-state index contributed by atoms with van der Waals surface area (Å²) >= 11 is 4.39. The lowest BCUT2D eigenvalue weighted by molar-refractivity contribution is -0.384. The minimum absolute atomic E-state index is 0.0236. The van der Waals surface area contributed by atoms with E-state index in [1.165, 1.54) is 12.1 Å². The first kappa shape index (κ1) is 29.3. The molecule has 0 saturated carbocycles. The molecule has 0 bridgehead atoms. The maximum absolute atomic E-state index is 13.6. The summed E-state index contributed by atoms with van der Waals surface area (Å²) in [5.41, 5.74) is 9.84. The van der Waals surface area contributed by atoms with Crippen molar-refractivity contribution < 1.29 is 19.2 Å². The van der Waals surface area contributed by atoms with Gasteiger partial charge in [0.1, 0.15) is 18.2 Å². The number of ether oxygens (including phenoxy) is 2. The molecule has 39 heavy (non-hydrogen) atoms. The highest BCUT2D eigenvalue weighted by molar-refractivity contribution is 14.1. The minimum Gasteiger partial charge on any atom is -0.487 e. The van der Waals surface area contributed by atoms with Crippen LogP contribution in [0.4, 0.5) is 5.69 Å². The van der Waals surface area contributed by atoms with Gasteiger partial charge in [0.2, 0.25) is 0 Å². The summed E-state index contributed by atoms with van der Waals surface area (Å²) in [5.74, 6) is 0.472. The van der Waals surface area contributed by atoms with E-state index >= 15 is 0 Å². The van der Waals surface area contributed by atoms with Gasteiger partial charge < -0.3 is 20.1 Å². The van der Waals surface area contributed by atoms with Crippen LogP contribution in [0.25, 0.3) is 0 Å². The average molecular weight is 754 g/mol. The highest BCUT2D eigenvalue weighted by atomic mass is 127. The van der Waals surface area contributed by atoms with E-state index < -0.39 is 10.8 Å². The number of non-ortho nitro benzene ring substituents is 1. The molecule has 204 valence electrons. The summed E-state index contributed by atoms with van der Waals surface area (Å²) in [6, 6.07) is 12.4. The Balaban J connectivity index is 1.72. The third-order valence-electron chi connectivity index (χ3n) is 6.89. The van der Waals surface area contributed by atoms with Gasteiger partial charge in [0.25, 0.3) is 5.69 Å². The van der Waals surface area contributed by atoms with Crippen LogP contribution in [0.5, 0.6) is 5.75 Å². The van der Waals surface area contributed by atoms with Crippen LogP contribution in [-0.2, 0) is 16.1 Å². The molecule has 0 saturated heterocycles. The van der Waals surface area contributed by atoms with Crippen LogP contribution >= 0.6 is 45.2 Å². The number of nitrogens with zero attached hydrogens (tertiary/aromatic N) is 3. The number of carbonyl (C=O) groups is 1. The SMILES string of the molecule is COCCN1C(N)=C(C#N)[C@H](c2cc(I)c(OCc3ccc([N+](=O)[O-])cc3)c(I)c2)C2=C1CC(C)(C)CC2=O. The van der Waals surface area contributed by atoms with E-state index in [4.69, 9.17) is 15.2 Å². The first-order valence-corrected chi connectivity index (χ1v) is 14.4. The number of halogens is 2. The van der Waals surface area contributed by atoms with Crippen molar-refractivity contribution in [3.63, 3.8) is 0 Å². The smallest absolute Gasteiger partial charge is 0.269 e. The van der Waals surface area contributed by atoms with Gasteiger partial charge in [0.15, 0.2) is 5.78 Å². The third kappa shape index (κ3) is 6.07. The van der Waals surface area contributed by atoms with Gasteiger partial charge in [-0.2, -0.15) is 5.26 Å². The Labute approximate surface area is 254 Å². The molecular weight excluding hydrogens is 726 g/mol. The van der Waals surface area contributed by atoms with Gasteiger partial charge in [0.05, 0.1) is 36.2 Å². The fourth-order valence-corrected chi connectivity index (χ4v) is 7.23. The number of carbonyl (C=O) groups excluding carboxylic acids is 1. The molecule has 2 aromatic rings. The maximum Gasteiger partial charge on any atom is 0.269 e. The minimum atomic E-state index is -0.571. The average Bonchev–Trinajstić information content (AvgIpc) is 2.86. The molecule has 4 rings (SSSR count). The molecule has 0 fully saturated rings. The Bertz CT molecular complexity index is 1400. The molecule has 1 aliphatic heterocycles. The van der Waals surface area contributed by atoms with Gasteiger partial charge in [-0.1, -0.05) is 13.8 Å². The fourth-order valence-electron chi connectivity index (χ4n) is 5.10. The maximum atomic E-state index is 13.6. The van der Waals surface area contributed by atoms with Crippen molar-refractivity contribution in [1.29, 1.82) is 5.26 Å². The first-order valence-electron chi connectivity index (χ1n) is 12.2. The number of nitro groups is 1. The number of allylic oxidation sites excluding steroid dienone is 3. The Morgan fingerprint density at radius 3 is 2.41 bits per heavy atom. The molecule has 2 aromatic carbocycles. The number of nitriles is 1. The van der Waals surface area contributed by atoms with Crippen LogP contribution in [0.3, 0.4) is 0 Å². The monoisotopic (exact) mass is 754 g/mol. The highest BCUT2D eigenvalue weighted by Crippen LogP contribution is 2.49. The molecule has 2 aliphatic rings.